The van der Waals surface area contributed by atoms with Crippen molar-refractivity contribution in [1.82, 2.24) is 10.2 Å². The molecule has 1 rings (SSSR count). The van der Waals surface area contributed by atoms with Crippen LogP contribution in [0.5, 0.6) is 0 Å². The van der Waals surface area contributed by atoms with Crippen LogP contribution in [0.3, 0.4) is 0 Å². The fraction of sp³-hybridized carbons (Fsp3) is 0.846. The smallest absolute Gasteiger partial charge is 0.240 e. The van der Waals surface area contributed by atoms with Gasteiger partial charge in [-0.3, -0.25) is 4.79 Å². The van der Waals surface area contributed by atoms with Crippen molar-refractivity contribution in [2.24, 2.45) is 5.41 Å². The minimum atomic E-state index is -0.916. The lowest BCUT2D eigenvalue weighted by Crippen LogP contribution is -2.48. The van der Waals surface area contributed by atoms with Crippen molar-refractivity contribution < 1.29 is 4.79 Å². The second kappa shape index (κ2) is 6.02. The summed E-state index contributed by atoms with van der Waals surface area (Å²) in [4.78, 5) is 14.3. The van der Waals surface area contributed by atoms with Crippen LogP contribution in [0.25, 0.3) is 0 Å². The lowest BCUT2D eigenvalue weighted by atomic mass is 9.93. The van der Waals surface area contributed by atoms with Crippen molar-refractivity contribution in [2.75, 3.05) is 19.6 Å². The van der Waals surface area contributed by atoms with E-state index in [9.17, 15) is 4.79 Å². The lowest BCUT2D eigenvalue weighted by Gasteiger charge is -2.33. The molecule has 96 valence electrons. The van der Waals surface area contributed by atoms with E-state index in [1.54, 1.807) is 13.8 Å². The molecule has 0 aromatic heterocycles. The van der Waals surface area contributed by atoms with Gasteiger partial charge in [-0.2, -0.15) is 5.26 Å². The highest BCUT2D eigenvalue weighted by Crippen LogP contribution is 2.16. The van der Waals surface area contributed by atoms with Gasteiger partial charge in [0.25, 0.3) is 0 Å². The molecule has 17 heavy (non-hydrogen) atoms. The van der Waals surface area contributed by atoms with Gasteiger partial charge >= 0.3 is 0 Å². The lowest BCUT2D eigenvalue weighted by molar-refractivity contribution is -0.127. The minimum Gasteiger partial charge on any atom is -0.352 e. The topological polar surface area (TPSA) is 56.1 Å². The van der Waals surface area contributed by atoms with Crippen LogP contribution in [-0.2, 0) is 4.79 Å². The highest BCUT2D eigenvalue weighted by atomic mass is 16.2. The molecular weight excluding hydrogens is 214 g/mol. The van der Waals surface area contributed by atoms with Crippen molar-refractivity contribution in [3.05, 3.63) is 0 Å². The van der Waals surface area contributed by atoms with Crippen molar-refractivity contribution in [1.29, 1.82) is 5.26 Å². The predicted octanol–water partition coefficient (Wildman–Crippen LogP) is 1.53. The number of rotatable bonds is 4. The third-order valence-electron chi connectivity index (χ3n) is 3.31. The molecule has 1 amide bonds. The van der Waals surface area contributed by atoms with Crippen LogP contribution in [-0.4, -0.2) is 36.5 Å². The van der Waals surface area contributed by atoms with E-state index in [-0.39, 0.29) is 11.9 Å². The summed E-state index contributed by atoms with van der Waals surface area (Å²) in [7, 11) is 0. The first kappa shape index (κ1) is 14.0. The first-order valence-corrected chi connectivity index (χ1v) is 6.44. The first-order chi connectivity index (χ1) is 7.99. The number of nitriles is 1. The second-order valence-corrected chi connectivity index (χ2v) is 5.33. The highest BCUT2D eigenvalue weighted by molar-refractivity contribution is 5.84. The average molecular weight is 237 g/mol. The summed E-state index contributed by atoms with van der Waals surface area (Å²) in [5.74, 6) is -0.144. The maximum absolute atomic E-state index is 11.8. The number of likely N-dealkylation sites (tertiary alicyclic amines) is 1. The maximum Gasteiger partial charge on any atom is 0.240 e. The number of carbonyl (C=O) groups is 1. The molecule has 0 bridgehead atoms. The summed E-state index contributed by atoms with van der Waals surface area (Å²) in [6.45, 7) is 8.74. The zero-order valence-corrected chi connectivity index (χ0v) is 11.1. The molecule has 1 saturated heterocycles. The van der Waals surface area contributed by atoms with Gasteiger partial charge in [0, 0.05) is 19.1 Å². The summed E-state index contributed by atoms with van der Waals surface area (Å²) in [5.41, 5.74) is -0.916. The molecule has 0 saturated carbocycles. The van der Waals surface area contributed by atoms with Crippen molar-refractivity contribution in [2.45, 2.75) is 46.1 Å². The van der Waals surface area contributed by atoms with Crippen molar-refractivity contribution in [3.8, 4) is 6.07 Å². The van der Waals surface area contributed by atoms with Gasteiger partial charge in [0.2, 0.25) is 5.91 Å². The zero-order valence-electron chi connectivity index (χ0n) is 11.1. The number of piperidine rings is 1. The Morgan fingerprint density at radius 3 is 2.53 bits per heavy atom. The van der Waals surface area contributed by atoms with Gasteiger partial charge in [0.05, 0.1) is 6.07 Å². The fourth-order valence-corrected chi connectivity index (χ4v) is 2.03. The Hall–Kier alpha value is -1.08. The molecule has 0 aromatic rings. The van der Waals surface area contributed by atoms with Crippen LogP contribution in [0.2, 0.25) is 0 Å². The SMILES string of the molecule is CCCN1CCC(NC(=O)C(C)(C)C#N)CC1. The Morgan fingerprint density at radius 2 is 2.06 bits per heavy atom. The van der Waals surface area contributed by atoms with Crippen LogP contribution >= 0.6 is 0 Å². The molecule has 0 aliphatic carbocycles. The summed E-state index contributed by atoms with van der Waals surface area (Å²) >= 11 is 0. The van der Waals surface area contributed by atoms with Gasteiger partial charge in [-0.25, -0.2) is 0 Å². The molecule has 4 nitrogen and oxygen atoms in total. The number of hydrogen-bond acceptors (Lipinski definition) is 3. The molecule has 4 heteroatoms. The van der Waals surface area contributed by atoms with E-state index in [1.807, 2.05) is 6.07 Å². The molecule has 0 radical (unpaired) electrons. The van der Waals surface area contributed by atoms with Gasteiger partial charge < -0.3 is 10.2 Å². The van der Waals surface area contributed by atoms with Crippen LogP contribution in [0.1, 0.15) is 40.0 Å². The molecule has 1 N–H and O–H groups in total. The molecule has 0 spiro atoms. The number of nitrogens with zero attached hydrogens (tertiary/aromatic N) is 2. The molecule has 1 aliphatic heterocycles. The number of carbonyl (C=O) groups excluding carboxylic acids is 1. The summed E-state index contributed by atoms with van der Waals surface area (Å²) in [5, 5.41) is 11.9. The molecule has 1 heterocycles. The Balaban J connectivity index is 2.36. The predicted molar refractivity (Wildman–Crippen MR) is 67.3 cm³/mol. The molecule has 1 aliphatic rings. The van der Waals surface area contributed by atoms with Crippen molar-refractivity contribution in [3.63, 3.8) is 0 Å². The first-order valence-electron chi connectivity index (χ1n) is 6.44. The number of nitrogens with one attached hydrogen (secondary N) is 1. The third-order valence-corrected chi connectivity index (χ3v) is 3.31. The maximum atomic E-state index is 11.8. The standard InChI is InChI=1S/C13H23N3O/c1-4-7-16-8-5-11(6-9-16)15-12(17)13(2,3)10-14/h11H,4-9H2,1-3H3,(H,15,17). The Labute approximate surface area is 104 Å². The van der Waals surface area contributed by atoms with Gasteiger partial charge in [-0.05, 0) is 39.7 Å². The number of hydrogen-bond donors (Lipinski definition) is 1. The minimum absolute atomic E-state index is 0.144. The van der Waals surface area contributed by atoms with E-state index in [1.165, 1.54) is 6.42 Å². The monoisotopic (exact) mass is 237 g/mol. The van der Waals surface area contributed by atoms with Crippen LogP contribution < -0.4 is 5.32 Å². The molecule has 0 unspecified atom stereocenters. The fourth-order valence-electron chi connectivity index (χ4n) is 2.03. The van der Waals surface area contributed by atoms with Gasteiger partial charge in [-0.15, -0.1) is 0 Å². The molecular formula is C13H23N3O. The van der Waals surface area contributed by atoms with E-state index in [2.05, 4.69) is 17.1 Å². The van der Waals surface area contributed by atoms with Crippen LogP contribution in [0.15, 0.2) is 0 Å². The van der Waals surface area contributed by atoms with E-state index in [0.717, 1.165) is 32.5 Å². The van der Waals surface area contributed by atoms with E-state index < -0.39 is 5.41 Å². The van der Waals surface area contributed by atoms with Crippen LogP contribution in [0, 0.1) is 16.7 Å². The third kappa shape index (κ3) is 4.01. The van der Waals surface area contributed by atoms with Gasteiger partial charge in [0.15, 0.2) is 0 Å². The van der Waals surface area contributed by atoms with E-state index in [0.29, 0.717) is 0 Å². The normalized spacial score (nSPS) is 18.7. The van der Waals surface area contributed by atoms with Gasteiger partial charge in [0.1, 0.15) is 5.41 Å². The number of amides is 1. The quantitative estimate of drug-likeness (QED) is 0.806. The molecule has 0 atom stereocenters. The summed E-state index contributed by atoms with van der Waals surface area (Å²) in [6.07, 6.45) is 3.17. The Bertz CT molecular complexity index is 298. The van der Waals surface area contributed by atoms with E-state index >= 15 is 0 Å². The van der Waals surface area contributed by atoms with Gasteiger partial charge in [-0.1, -0.05) is 6.92 Å². The van der Waals surface area contributed by atoms with Crippen molar-refractivity contribution >= 4 is 5.91 Å². The zero-order chi connectivity index (χ0) is 12.9. The largest absolute Gasteiger partial charge is 0.352 e. The van der Waals surface area contributed by atoms with Crippen LogP contribution in [0.4, 0.5) is 0 Å². The Kier molecular flexibility index (Phi) is 4.95. The Morgan fingerprint density at radius 1 is 1.47 bits per heavy atom. The summed E-state index contributed by atoms with van der Waals surface area (Å²) in [6, 6.07) is 2.28. The molecule has 1 fully saturated rings. The highest BCUT2D eigenvalue weighted by Gasteiger charge is 2.30. The van der Waals surface area contributed by atoms with E-state index in [4.69, 9.17) is 5.26 Å². The second-order valence-electron chi connectivity index (χ2n) is 5.33. The molecule has 0 aromatic carbocycles. The average Bonchev–Trinajstić information content (AvgIpc) is 2.32. The summed E-state index contributed by atoms with van der Waals surface area (Å²) < 4.78 is 0.